The maximum absolute atomic E-state index is 3.97. The Kier molecular flexibility index (Phi) is 2.77. The lowest BCUT2D eigenvalue weighted by atomic mass is 9.53. The van der Waals surface area contributed by atoms with Crippen molar-refractivity contribution in [3.05, 3.63) is 24.0 Å². The maximum atomic E-state index is 3.97. The Labute approximate surface area is 116 Å². The summed E-state index contributed by atoms with van der Waals surface area (Å²) in [5, 5.41) is 3.97. The van der Waals surface area contributed by atoms with Crippen molar-refractivity contribution in [3.8, 4) is 0 Å². The maximum Gasteiger partial charge on any atom is 0.0225 e. The van der Waals surface area contributed by atoms with Gasteiger partial charge in [-0.05, 0) is 74.8 Å². The minimum absolute atomic E-state index is 0.503. The van der Waals surface area contributed by atoms with E-state index in [9.17, 15) is 0 Å². The molecule has 0 radical (unpaired) electrons. The molecule has 0 atom stereocenters. The first-order valence-corrected chi connectivity index (χ1v) is 8.14. The third-order valence-corrected chi connectivity index (χ3v) is 5.88. The van der Waals surface area contributed by atoms with Crippen LogP contribution in [0.15, 0.2) is 18.5 Å². The Morgan fingerprint density at radius 1 is 1.16 bits per heavy atom. The SMILES string of the molecule is CCn1ccc(CNC23CC4CC(CC(C4)C2)C3)c1. The number of hydrogen-bond donors (Lipinski definition) is 1. The normalized spacial score (nSPS) is 39.9. The number of hydrogen-bond acceptors (Lipinski definition) is 1. The molecule has 0 spiro atoms. The first-order valence-electron chi connectivity index (χ1n) is 8.14. The van der Waals surface area contributed by atoms with Crippen molar-refractivity contribution in [1.29, 1.82) is 0 Å². The first-order chi connectivity index (χ1) is 9.25. The molecule has 0 amide bonds. The van der Waals surface area contributed by atoms with Crippen molar-refractivity contribution in [2.75, 3.05) is 0 Å². The third kappa shape index (κ3) is 2.14. The molecule has 4 aliphatic carbocycles. The molecule has 2 heteroatoms. The number of nitrogens with zero attached hydrogens (tertiary/aromatic N) is 1. The molecule has 1 N–H and O–H groups in total. The van der Waals surface area contributed by atoms with E-state index < -0.39 is 0 Å². The minimum Gasteiger partial charge on any atom is -0.354 e. The molecule has 1 heterocycles. The molecule has 5 rings (SSSR count). The molecule has 4 saturated carbocycles. The van der Waals surface area contributed by atoms with Gasteiger partial charge in [0.2, 0.25) is 0 Å². The Morgan fingerprint density at radius 3 is 2.32 bits per heavy atom. The summed E-state index contributed by atoms with van der Waals surface area (Å²) in [7, 11) is 0. The van der Waals surface area contributed by atoms with E-state index in [1.54, 1.807) is 0 Å². The molecular weight excluding hydrogens is 232 g/mol. The van der Waals surface area contributed by atoms with Crippen LogP contribution in [0, 0.1) is 17.8 Å². The van der Waals surface area contributed by atoms with Crippen LogP contribution in [0.5, 0.6) is 0 Å². The van der Waals surface area contributed by atoms with Crippen molar-refractivity contribution in [1.82, 2.24) is 9.88 Å². The fourth-order valence-electron chi connectivity index (χ4n) is 5.41. The van der Waals surface area contributed by atoms with Crippen LogP contribution in [0.4, 0.5) is 0 Å². The highest BCUT2D eigenvalue weighted by molar-refractivity contribution is 5.12. The molecule has 0 saturated heterocycles. The van der Waals surface area contributed by atoms with Crippen molar-refractivity contribution in [2.24, 2.45) is 17.8 Å². The zero-order valence-corrected chi connectivity index (χ0v) is 12.1. The zero-order chi connectivity index (χ0) is 12.9. The monoisotopic (exact) mass is 258 g/mol. The smallest absolute Gasteiger partial charge is 0.0225 e. The summed E-state index contributed by atoms with van der Waals surface area (Å²) in [6, 6.07) is 2.27. The van der Waals surface area contributed by atoms with Gasteiger partial charge in [0.1, 0.15) is 0 Å². The predicted octanol–water partition coefficient (Wildman–Crippen LogP) is 3.57. The summed E-state index contributed by atoms with van der Waals surface area (Å²) in [4.78, 5) is 0. The fraction of sp³-hybridized carbons (Fsp3) is 0.765. The molecule has 4 fully saturated rings. The van der Waals surface area contributed by atoms with Gasteiger partial charge in [0.05, 0.1) is 0 Å². The Bertz CT molecular complexity index is 424. The number of nitrogens with one attached hydrogen (secondary N) is 1. The van der Waals surface area contributed by atoms with E-state index in [-0.39, 0.29) is 0 Å². The number of aromatic nitrogens is 1. The van der Waals surface area contributed by atoms with E-state index in [2.05, 4.69) is 35.3 Å². The van der Waals surface area contributed by atoms with Gasteiger partial charge in [-0.3, -0.25) is 0 Å². The van der Waals surface area contributed by atoms with Crippen LogP contribution in [0.2, 0.25) is 0 Å². The van der Waals surface area contributed by atoms with Crippen LogP contribution in [0.1, 0.15) is 51.0 Å². The standard InChI is InChI=1S/C17H26N2/c1-2-19-4-3-13(12-19)11-18-17-8-14-5-15(9-17)7-16(6-14)10-17/h3-4,12,14-16,18H,2,5-11H2,1H3. The molecule has 2 nitrogen and oxygen atoms in total. The van der Waals surface area contributed by atoms with E-state index in [4.69, 9.17) is 0 Å². The summed E-state index contributed by atoms with van der Waals surface area (Å²) >= 11 is 0. The lowest BCUT2D eigenvalue weighted by molar-refractivity contribution is -0.0206. The average Bonchev–Trinajstić information content (AvgIpc) is 2.83. The van der Waals surface area contributed by atoms with E-state index in [1.807, 2.05) is 0 Å². The van der Waals surface area contributed by atoms with Gasteiger partial charge in [-0.25, -0.2) is 0 Å². The highest BCUT2D eigenvalue weighted by Gasteiger charge is 2.50. The molecule has 1 aromatic heterocycles. The number of rotatable bonds is 4. The lowest BCUT2D eigenvalue weighted by Crippen LogP contribution is -2.58. The predicted molar refractivity (Wildman–Crippen MR) is 77.8 cm³/mol. The van der Waals surface area contributed by atoms with E-state index in [0.717, 1.165) is 30.8 Å². The second kappa shape index (κ2) is 4.37. The fourth-order valence-corrected chi connectivity index (χ4v) is 5.41. The minimum atomic E-state index is 0.503. The second-order valence-corrected chi connectivity index (χ2v) is 7.40. The van der Waals surface area contributed by atoms with Crippen LogP contribution in [-0.4, -0.2) is 10.1 Å². The first kappa shape index (κ1) is 12.0. The largest absolute Gasteiger partial charge is 0.354 e. The Hall–Kier alpha value is -0.760. The van der Waals surface area contributed by atoms with E-state index in [0.29, 0.717) is 5.54 Å². The summed E-state index contributed by atoms with van der Waals surface area (Å²) in [6.07, 6.45) is 13.5. The Morgan fingerprint density at radius 2 is 1.79 bits per heavy atom. The summed E-state index contributed by atoms with van der Waals surface area (Å²) in [5.74, 6) is 3.12. The third-order valence-electron chi connectivity index (χ3n) is 5.88. The molecule has 19 heavy (non-hydrogen) atoms. The van der Waals surface area contributed by atoms with Gasteiger partial charge in [0.15, 0.2) is 0 Å². The quantitative estimate of drug-likeness (QED) is 0.873. The van der Waals surface area contributed by atoms with Gasteiger partial charge in [0.25, 0.3) is 0 Å². The second-order valence-electron chi connectivity index (χ2n) is 7.40. The lowest BCUT2D eigenvalue weighted by Gasteiger charge is -2.57. The molecule has 0 aromatic carbocycles. The zero-order valence-electron chi connectivity index (χ0n) is 12.1. The molecule has 4 bridgehead atoms. The molecule has 4 aliphatic rings. The van der Waals surface area contributed by atoms with Gasteiger partial charge in [-0.2, -0.15) is 0 Å². The molecule has 1 aromatic rings. The molecule has 0 unspecified atom stereocenters. The Balaban J connectivity index is 1.44. The molecular formula is C17H26N2. The van der Waals surface area contributed by atoms with Crippen molar-refractivity contribution in [2.45, 2.75) is 64.1 Å². The summed E-state index contributed by atoms with van der Waals surface area (Å²) in [5.41, 5.74) is 1.96. The highest BCUT2D eigenvalue weighted by atomic mass is 15.0. The van der Waals surface area contributed by atoms with Gasteiger partial charge in [0, 0.05) is 31.0 Å². The van der Waals surface area contributed by atoms with Crippen molar-refractivity contribution < 1.29 is 0 Å². The van der Waals surface area contributed by atoms with Crippen molar-refractivity contribution >= 4 is 0 Å². The molecule has 104 valence electrons. The highest BCUT2D eigenvalue weighted by Crippen LogP contribution is 2.55. The van der Waals surface area contributed by atoms with Crippen LogP contribution in [0.3, 0.4) is 0 Å². The van der Waals surface area contributed by atoms with Gasteiger partial charge < -0.3 is 9.88 Å². The summed E-state index contributed by atoms with van der Waals surface area (Å²) in [6.45, 7) is 4.35. The van der Waals surface area contributed by atoms with Crippen LogP contribution < -0.4 is 5.32 Å². The van der Waals surface area contributed by atoms with Gasteiger partial charge in [-0.1, -0.05) is 0 Å². The topological polar surface area (TPSA) is 17.0 Å². The average molecular weight is 258 g/mol. The number of aryl methyl sites for hydroxylation is 1. The van der Waals surface area contributed by atoms with Crippen LogP contribution >= 0.6 is 0 Å². The van der Waals surface area contributed by atoms with Gasteiger partial charge >= 0.3 is 0 Å². The van der Waals surface area contributed by atoms with Crippen LogP contribution in [0.25, 0.3) is 0 Å². The van der Waals surface area contributed by atoms with E-state index >= 15 is 0 Å². The van der Waals surface area contributed by atoms with Crippen LogP contribution in [-0.2, 0) is 13.1 Å². The van der Waals surface area contributed by atoms with E-state index in [1.165, 1.54) is 44.1 Å². The molecule has 0 aliphatic heterocycles. The summed E-state index contributed by atoms with van der Waals surface area (Å²) < 4.78 is 2.27. The van der Waals surface area contributed by atoms with Crippen molar-refractivity contribution in [3.63, 3.8) is 0 Å². The van der Waals surface area contributed by atoms with Gasteiger partial charge in [-0.15, -0.1) is 0 Å².